The van der Waals surface area contributed by atoms with Gasteiger partial charge >= 0.3 is 0 Å². The molecule has 0 radical (unpaired) electrons. The molecule has 9 nitrogen and oxygen atoms in total. The van der Waals surface area contributed by atoms with Crippen LogP contribution in [0.5, 0.6) is 0 Å². The Bertz CT molecular complexity index is 978. The first-order valence-electron chi connectivity index (χ1n) is 12.3. The van der Waals surface area contributed by atoms with Crippen LogP contribution in [0.4, 0.5) is 11.4 Å². The molecule has 0 aliphatic carbocycles. The van der Waals surface area contributed by atoms with Gasteiger partial charge in [-0.05, 0) is 57.7 Å². The molecule has 0 unspecified atom stereocenters. The quantitative estimate of drug-likeness (QED) is 0.474. The molecular weight excluding hydrogens is 456 g/mol. The third kappa shape index (κ3) is 5.72. The summed E-state index contributed by atoms with van der Waals surface area (Å²) in [6.45, 7) is 9.82. The minimum atomic E-state index is -3.70. The zero-order chi connectivity index (χ0) is 24.9. The molecule has 34 heavy (non-hydrogen) atoms. The summed E-state index contributed by atoms with van der Waals surface area (Å²) < 4.78 is 33.2. The number of piperidine rings is 1. The molecule has 2 amide bonds. The summed E-state index contributed by atoms with van der Waals surface area (Å²) >= 11 is 0. The fourth-order valence-electron chi connectivity index (χ4n) is 4.59. The van der Waals surface area contributed by atoms with Crippen molar-refractivity contribution in [2.75, 3.05) is 49.1 Å². The van der Waals surface area contributed by atoms with Gasteiger partial charge in [-0.15, -0.1) is 0 Å². The van der Waals surface area contributed by atoms with Gasteiger partial charge in [0.15, 0.2) is 0 Å². The van der Waals surface area contributed by atoms with Gasteiger partial charge in [-0.1, -0.05) is 13.8 Å². The number of carbonyl (C=O) groups is 2. The van der Waals surface area contributed by atoms with Crippen LogP contribution in [0.15, 0.2) is 23.1 Å². The number of sulfonamides is 1. The van der Waals surface area contributed by atoms with Crippen LogP contribution in [-0.2, 0) is 24.3 Å². The molecule has 1 fully saturated rings. The molecule has 1 aromatic carbocycles. The second-order valence-corrected chi connectivity index (χ2v) is 10.9. The van der Waals surface area contributed by atoms with Crippen LogP contribution < -0.4 is 15.1 Å². The summed E-state index contributed by atoms with van der Waals surface area (Å²) in [5, 5.41) is 2.86. The molecule has 1 atom stereocenters. The first-order valence-corrected chi connectivity index (χ1v) is 13.7. The van der Waals surface area contributed by atoms with Crippen molar-refractivity contribution in [3.8, 4) is 0 Å². The van der Waals surface area contributed by atoms with Gasteiger partial charge in [0.2, 0.25) is 21.8 Å². The van der Waals surface area contributed by atoms with Gasteiger partial charge in [0.05, 0.1) is 22.4 Å². The number of anilines is 2. The van der Waals surface area contributed by atoms with Crippen molar-refractivity contribution < 1.29 is 22.7 Å². The third-order valence-corrected chi connectivity index (χ3v) is 8.39. The van der Waals surface area contributed by atoms with Crippen LogP contribution in [0.3, 0.4) is 0 Å². The van der Waals surface area contributed by atoms with E-state index in [0.717, 1.165) is 31.5 Å². The first-order chi connectivity index (χ1) is 16.2. The van der Waals surface area contributed by atoms with Crippen molar-refractivity contribution in [3.05, 3.63) is 18.2 Å². The van der Waals surface area contributed by atoms with E-state index < -0.39 is 10.0 Å². The van der Waals surface area contributed by atoms with Gasteiger partial charge in [-0.3, -0.25) is 14.5 Å². The molecule has 0 aromatic heterocycles. The predicted octanol–water partition coefficient (Wildman–Crippen LogP) is 2.35. The molecule has 1 saturated heterocycles. The molecular formula is C24H38N4O5S. The first kappa shape index (κ1) is 26.4. The molecule has 1 N–H and O–H groups in total. The lowest BCUT2D eigenvalue weighted by atomic mass is 9.96. The van der Waals surface area contributed by atoms with Crippen molar-refractivity contribution in [1.82, 2.24) is 9.62 Å². The second kappa shape index (κ2) is 11.5. The highest BCUT2D eigenvalue weighted by Gasteiger charge is 2.40. The molecule has 0 bridgehead atoms. The fraction of sp³-hybridized carbons (Fsp3) is 0.667. The van der Waals surface area contributed by atoms with Crippen molar-refractivity contribution in [1.29, 1.82) is 0 Å². The summed E-state index contributed by atoms with van der Waals surface area (Å²) in [5.74, 6) is -0.423. The summed E-state index contributed by atoms with van der Waals surface area (Å²) in [4.78, 5) is 29.8. The molecule has 190 valence electrons. The van der Waals surface area contributed by atoms with E-state index in [2.05, 4.69) is 10.2 Å². The molecule has 0 spiro atoms. The SMILES string of the molecule is CCN(CC)S(=O)(=O)c1ccc2c(c1)N(CC(=O)NCCCOC(C)C)C(=O)[C@H]1CCCCN21. The van der Waals surface area contributed by atoms with E-state index in [-0.39, 0.29) is 35.4 Å². The summed E-state index contributed by atoms with van der Waals surface area (Å²) in [7, 11) is -3.70. The number of nitrogens with zero attached hydrogens (tertiary/aromatic N) is 3. The minimum Gasteiger partial charge on any atom is -0.379 e. The third-order valence-electron chi connectivity index (χ3n) is 6.34. The maximum Gasteiger partial charge on any atom is 0.250 e. The van der Waals surface area contributed by atoms with Gasteiger partial charge in [0.1, 0.15) is 12.6 Å². The van der Waals surface area contributed by atoms with Crippen LogP contribution in [0.1, 0.15) is 53.4 Å². The van der Waals surface area contributed by atoms with Crippen molar-refractivity contribution in [2.24, 2.45) is 0 Å². The van der Waals surface area contributed by atoms with E-state index >= 15 is 0 Å². The van der Waals surface area contributed by atoms with Gasteiger partial charge in [0, 0.05) is 32.8 Å². The maximum atomic E-state index is 13.4. The molecule has 2 aliphatic rings. The van der Waals surface area contributed by atoms with Crippen molar-refractivity contribution >= 4 is 33.2 Å². The van der Waals surface area contributed by atoms with Crippen molar-refractivity contribution in [2.45, 2.75) is 70.4 Å². The van der Waals surface area contributed by atoms with E-state index in [9.17, 15) is 18.0 Å². The number of rotatable bonds is 11. The van der Waals surface area contributed by atoms with Crippen LogP contribution in [0.2, 0.25) is 0 Å². The Labute approximate surface area is 203 Å². The lowest BCUT2D eigenvalue weighted by molar-refractivity contribution is -0.125. The number of fused-ring (bicyclic) bond motifs is 3. The summed E-state index contributed by atoms with van der Waals surface area (Å²) in [6, 6.07) is 4.62. The Balaban J connectivity index is 1.86. The van der Waals surface area contributed by atoms with Gasteiger partial charge < -0.3 is 15.0 Å². The van der Waals surface area contributed by atoms with E-state index in [1.807, 2.05) is 13.8 Å². The normalized spacial score (nSPS) is 18.3. The van der Waals surface area contributed by atoms with Gasteiger partial charge in [0.25, 0.3) is 0 Å². The van der Waals surface area contributed by atoms with Crippen LogP contribution in [0.25, 0.3) is 0 Å². The summed E-state index contributed by atoms with van der Waals surface area (Å²) in [6.07, 6.45) is 3.46. The largest absolute Gasteiger partial charge is 0.379 e. The van der Waals surface area contributed by atoms with Gasteiger partial charge in [-0.25, -0.2) is 8.42 Å². The van der Waals surface area contributed by atoms with Gasteiger partial charge in [-0.2, -0.15) is 4.31 Å². The highest BCUT2D eigenvalue weighted by atomic mass is 32.2. The number of amides is 2. The average Bonchev–Trinajstić information content (AvgIpc) is 2.81. The molecule has 2 heterocycles. The zero-order valence-corrected chi connectivity index (χ0v) is 21.6. The smallest absolute Gasteiger partial charge is 0.250 e. The monoisotopic (exact) mass is 494 g/mol. The standard InChI is InChI=1S/C24H38N4O5S/c1-5-26(6-2)34(31,32)19-11-12-20-22(16-19)28(24(30)21-10-7-8-14-27(20)21)17-23(29)25-13-9-15-33-18(3)4/h11-12,16,18,21H,5-10,13-15,17H2,1-4H3,(H,25,29)/t21-/m1/s1. The number of hydrogen-bond acceptors (Lipinski definition) is 6. The van der Waals surface area contributed by atoms with Crippen LogP contribution in [0, 0.1) is 0 Å². The number of ether oxygens (including phenoxy) is 1. The Morgan fingerprint density at radius 1 is 1.21 bits per heavy atom. The Kier molecular flexibility index (Phi) is 8.95. The van der Waals surface area contributed by atoms with E-state index in [4.69, 9.17) is 4.74 Å². The lowest BCUT2D eigenvalue weighted by Gasteiger charge is -2.45. The average molecular weight is 495 g/mol. The van der Waals surface area contributed by atoms with Crippen LogP contribution in [-0.4, -0.2) is 76.0 Å². The number of nitrogens with one attached hydrogen (secondary N) is 1. The molecule has 3 rings (SSSR count). The lowest BCUT2D eigenvalue weighted by Crippen LogP contribution is -2.57. The van der Waals surface area contributed by atoms with E-state index in [1.54, 1.807) is 32.0 Å². The topological polar surface area (TPSA) is 99.3 Å². The van der Waals surface area contributed by atoms with Crippen LogP contribution >= 0.6 is 0 Å². The molecule has 0 saturated carbocycles. The molecule has 1 aromatic rings. The molecule has 2 aliphatic heterocycles. The molecule has 10 heteroatoms. The maximum absolute atomic E-state index is 13.4. The van der Waals surface area contributed by atoms with E-state index in [1.165, 1.54) is 9.21 Å². The Morgan fingerprint density at radius 3 is 2.62 bits per heavy atom. The number of benzene rings is 1. The predicted molar refractivity (Wildman–Crippen MR) is 133 cm³/mol. The number of hydrogen-bond donors (Lipinski definition) is 1. The fourth-order valence-corrected chi connectivity index (χ4v) is 6.07. The minimum absolute atomic E-state index is 0.134. The Morgan fingerprint density at radius 2 is 1.94 bits per heavy atom. The zero-order valence-electron chi connectivity index (χ0n) is 20.7. The number of carbonyl (C=O) groups excluding carboxylic acids is 2. The van der Waals surface area contributed by atoms with Crippen molar-refractivity contribution in [3.63, 3.8) is 0 Å². The van der Waals surface area contributed by atoms with E-state index in [0.29, 0.717) is 38.3 Å². The summed E-state index contributed by atoms with van der Waals surface area (Å²) in [5.41, 5.74) is 1.29. The highest BCUT2D eigenvalue weighted by Crippen LogP contribution is 2.40. The highest BCUT2D eigenvalue weighted by molar-refractivity contribution is 7.89. The second-order valence-electron chi connectivity index (χ2n) is 8.99. The Hall–Kier alpha value is -2.17.